The van der Waals surface area contributed by atoms with Crippen LogP contribution in [0.3, 0.4) is 0 Å². The van der Waals surface area contributed by atoms with Crippen molar-refractivity contribution >= 4 is 29.5 Å². The van der Waals surface area contributed by atoms with E-state index in [0.29, 0.717) is 6.42 Å². The number of nitrogens with zero attached hydrogens (tertiary/aromatic N) is 2. The van der Waals surface area contributed by atoms with Crippen LogP contribution in [0.15, 0.2) is 54.6 Å². The summed E-state index contributed by atoms with van der Waals surface area (Å²) in [4.78, 5) is 55.6. The molecule has 2 rings (SSSR count). The maximum atomic E-state index is 14.0. The van der Waals surface area contributed by atoms with Crippen LogP contribution in [0.4, 0.5) is 4.79 Å². The fraction of sp³-hybridized carbons (Fsp3) is 0.568. The summed E-state index contributed by atoms with van der Waals surface area (Å²) < 4.78 is 11.4. The van der Waals surface area contributed by atoms with Crippen molar-refractivity contribution in [2.45, 2.75) is 91.5 Å². The SMILES string of the molecule is C=CC1=C(/C=C\C)c2ccccc2C1COC(=O)N(C)C(C(=O)N[C@H](C(=O)N(C)C(C(C)CC)C(CC(=O)O)OC)C(C)C)C(C)C. The Bertz CT molecular complexity index is 1330. The van der Waals surface area contributed by atoms with Crippen LogP contribution >= 0.6 is 0 Å². The zero-order valence-electron chi connectivity index (χ0n) is 29.8. The molecular formula is C37H55N3O7. The van der Waals surface area contributed by atoms with Gasteiger partial charge in [0.05, 0.1) is 18.6 Å². The van der Waals surface area contributed by atoms with E-state index in [2.05, 4.69) is 11.9 Å². The Balaban J connectivity index is 2.27. The lowest BCUT2D eigenvalue weighted by Gasteiger charge is -2.40. The van der Waals surface area contributed by atoms with Gasteiger partial charge in [-0.15, -0.1) is 0 Å². The van der Waals surface area contributed by atoms with Crippen LogP contribution in [-0.4, -0.2) is 90.8 Å². The van der Waals surface area contributed by atoms with Gasteiger partial charge in [-0.3, -0.25) is 19.3 Å². The van der Waals surface area contributed by atoms with E-state index in [0.717, 1.165) is 22.3 Å². The molecule has 1 aromatic rings. The molecule has 0 saturated carbocycles. The molecule has 0 radical (unpaired) electrons. The van der Waals surface area contributed by atoms with Crippen molar-refractivity contribution in [2.24, 2.45) is 17.8 Å². The van der Waals surface area contributed by atoms with Gasteiger partial charge >= 0.3 is 12.1 Å². The van der Waals surface area contributed by atoms with Gasteiger partial charge in [-0.05, 0) is 47.0 Å². The van der Waals surface area contributed by atoms with E-state index >= 15 is 0 Å². The molecule has 1 aliphatic carbocycles. The van der Waals surface area contributed by atoms with Gasteiger partial charge in [0.15, 0.2) is 0 Å². The van der Waals surface area contributed by atoms with E-state index < -0.39 is 42.2 Å². The Morgan fingerprint density at radius 2 is 1.68 bits per heavy atom. The molecule has 0 spiro atoms. The van der Waals surface area contributed by atoms with E-state index in [1.807, 2.05) is 84.9 Å². The number of carboxylic acids is 1. The number of fused-ring (bicyclic) bond motifs is 1. The highest BCUT2D eigenvalue weighted by molar-refractivity contribution is 5.92. The molecule has 1 aliphatic rings. The number of aliphatic carboxylic acids is 1. The van der Waals surface area contributed by atoms with E-state index in [4.69, 9.17) is 9.47 Å². The molecule has 2 N–H and O–H groups in total. The average Bonchev–Trinajstić information content (AvgIpc) is 3.33. The fourth-order valence-electron chi connectivity index (χ4n) is 6.51. The average molecular weight is 654 g/mol. The molecule has 3 amide bonds. The van der Waals surface area contributed by atoms with Crippen molar-refractivity contribution in [3.05, 3.63) is 65.8 Å². The van der Waals surface area contributed by atoms with Gasteiger partial charge in [0.1, 0.15) is 18.7 Å². The first-order valence-electron chi connectivity index (χ1n) is 16.5. The first-order chi connectivity index (χ1) is 22.2. The molecule has 0 aromatic heterocycles. The summed E-state index contributed by atoms with van der Waals surface area (Å²) >= 11 is 0. The smallest absolute Gasteiger partial charge is 0.410 e. The van der Waals surface area contributed by atoms with Crippen LogP contribution in [0.2, 0.25) is 0 Å². The predicted octanol–water partition coefficient (Wildman–Crippen LogP) is 5.90. The number of methoxy groups -OCH3 is 1. The number of amides is 3. The molecule has 260 valence electrons. The van der Waals surface area contributed by atoms with Gasteiger partial charge in [0.2, 0.25) is 11.8 Å². The third-order valence-corrected chi connectivity index (χ3v) is 9.16. The second kappa shape index (κ2) is 17.8. The first kappa shape index (κ1) is 39.3. The monoisotopic (exact) mass is 653 g/mol. The zero-order chi connectivity index (χ0) is 35.6. The number of carbonyl (C=O) groups excluding carboxylic acids is 3. The quantitative estimate of drug-likeness (QED) is 0.215. The summed E-state index contributed by atoms with van der Waals surface area (Å²) in [6.07, 6.45) is 4.82. The van der Waals surface area contributed by atoms with Crippen LogP contribution in [0.1, 0.15) is 78.4 Å². The molecule has 5 unspecified atom stereocenters. The summed E-state index contributed by atoms with van der Waals surface area (Å²) in [5.41, 5.74) is 4.12. The summed E-state index contributed by atoms with van der Waals surface area (Å²) in [6.45, 7) is 17.3. The highest BCUT2D eigenvalue weighted by Crippen LogP contribution is 2.43. The largest absolute Gasteiger partial charge is 0.481 e. The van der Waals surface area contributed by atoms with E-state index in [1.54, 1.807) is 13.1 Å². The minimum atomic E-state index is -1.03. The Hall–Kier alpha value is -3.92. The Kier molecular flexibility index (Phi) is 14.9. The Labute approximate surface area is 280 Å². The summed E-state index contributed by atoms with van der Waals surface area (Å²) in [7, 11) is 4.58. The van der Waals surface area contributed by atoms with E-state index in [-0.39, 0.29) is 42.6 Å². The van der Waals surface area contributed by atoms with Crippen LogP contribution < -0.4 is 5.32 Å². The molecular weight excluding hydrogens is 598 g/mol. The number of likely N-dealkylation sites (N-methyl/N-ethyl adjacent to an activating group) is 2. The van der Waals surface area contributed by atoms with Crippen molar-refractivity contribution in [3.63, 3.8) is 0 Å². The summed E-state index contributed by atoms with van der Waals surface area (Å²) in [6, 6.07) is 5.60. The van der Waals surface area contributed by atoms with Gasteiger partial charge in [0.25, 0.3) is 0 Å². The summed E-state index contributed by atoms with van der Waals surface area (Å²) in [5.74, 6) is -2.74. The third kappa shape index (κ3) is 9.34. The van der Waals surface area contributed by atoms with Crippen molar-refractivity contribution in [1.29, 1.82) is 0 Å². The molecule has 0 saturated heterocycles. The van der Waals surface area contributed by atoms with Gasteiger partial charge in [-0.1, -0.05) is 97.0 Å². The second-order valence-corrected chi connectivity index (χ2v) is 13.0. The maximum Gasteiger partial charge on any atom is 0.410 e. The lowest BCUT2D eigenvalue weighted by Crippen LogP contribution is -2.60. The molecule has 0 aliphatic heterocycles. The number of ether oxygens (including phenoxy) is 2. The van der Waals surface area contributed by atoms with Crippen LogP contribution in [-0.2, 0) is 23.9 Å². The number of rotatable bonds is 17. The number of benzene rings is 1. The van der Waals surface area contributed by atoms with Gasteiger partial charge < -0.3 is 24.8 Å². The summed E-state index contributed by atoms with van der Waals surface area (Å²) in [5, 5.41) is 12.4. The Morgan fingerprint density at radius 1 is 1.04 bits per heavy atom. The molecule has 0 fully saturated rings. The fourth-order valence-corrected chi connectivity index (χ4v) is 6.51. The standard InChI is InChI=1S/C37H55N3O7/c1-12-17-26-25(14-3)29(28-19-16-15-18-27(26)28)21-47-37(45)40(10)33(23(6)7)35(43)38-32(22(4)5)36(44)39(9)34(24(8)13-2)30(46-11)20-31(41)42/h12,14-19,22-24,29-30,32-34H,3,13,20-21H2,1-2,4-11H3,(H,38,43)(H,41,42)/b17-12-/t24?,29?,30?,32-,33?,34?/m0/s1. The normalized spacial score (nSPS) is 17.6. The van der Waals surface area contributed by atoms with E-state index in [9.17, 15) is 24.3 Å². The van der Waals surface area contributed by atoms with E-state index in [1.165, 1.54) is 24.0 Å². The van der Waals surface area contributed by atoms with Crippen molar-refractivity contribution in [3.8, 4) is 0 Å². The number of allylic oxidation sites excluding steroid dienone is 4. The lowest BCUT2D eigenvalue weighted by molar-refractivity contribution is -0.148. The third-order valence-electron chi connectivity index (χ3n) is 9.16. The van der Waals surface area contributed by atoms with Crippen molar-refractivity contribution in [2.75, 3.05) is 27.8 Å². The van der Waals surface area contributed by atoms with Crippen LogP contribution in [0.25, 0.3) is 5.57 Å². The first-order valence-corrected chi connectivity index (χ1v) is 16.5. The number of carboxylic acid groups (broad SMARTS) is 1. The van der Waals surface area contributed by atoms with Crippen molar-refractivity contribution < 1.29 is 33.8 Å². The Morgan fingerprint density at radius 3 is 2.19 bits per heavy atom. The number of hydrogen-bond acceptors (Lipinski definition) is 6. The predicted molar refractivity (Wildman–Crippen MR) is 185 cm³/mol. The van der Waals surface area contributed by atoms with Crippen LogP contribution in [0.5, 0.6) is 0 Å². The van der Waals surface area contributed by atoms with Gasteiger partial charge in [0, 0.05) is 27.1 Å². The topological polar surface area (TPSA) is 125 Å². The number of nitrogens with one attached hydrogen (secondary N) is 1. The molecule has 0 heterocycles. The van der Waals surface area contributed by atoms with Gasteiger partial charge in [-0.25, -0.2) is 4.79 Å². The maximum absolute atomic E-state index is 14.0. The molecule has 6 atom stereocenters. The second-order valence-electron chi connectivity index (χ2n) is 13.0. The minimum Gasteiger partial charge on any atom is -0.481 e. The number of hydrogen-bond donors (Lipinski definition) is 2. The molecule has 1 aromatic carbocycles. The highest BCUT2D eigenvalue weighted by atomic mass is 16.6. The number of carbonyl (C=O) groups is 4. The molecule has 0 bridgehead atoms. The highest BCUT2D eigenvalue weighted by Gasteiger charge is 2.40. The van der Waals surface area contributed by atoms with Gasteiger partial charge in [-0.2, -0.15) is 0 Å². The van der Waals surface area contributed by atoms with Crippen LogP contribution in [0, 0.1) is 17.8 Å². The molecule has 10 heteroatoms. The lowest BCUT2D eigenvalue weighted by atomic mass is 9.90. The molecule has 47 heavy (non-hydrogen) atoms. The van der Waals surface area contributed by atoms with Crippen molar-refractivity contribution in [1.82, 2.24) is 15.1 Å². The minimum absolute atomic E-state index is 0.0704. The molecule has 10 nitrogen and oxygen atoms in total. The zero-order valence-corrected chi connectivity index (χ0v) is 29.8.